The Morgan fingerprint density at radius 2 is 1.53 bits per heavy atom. The van der Waals surface area contributed by atoms with Crippen LogP contribution in [-0.2, 0) is 20.9 Å². The van der Waals surface area contributed by atoms with Crippen molar-refractivity contribution >= 4 is 52.2 Å². The topological polar surface area (TPSA) is 107 Å². The van der Waals surface area contributed by atoms with E-state index in [0.29, 0.717) is 32.7 Å². The van der Waals surface area contributed by atoms with Gasteiger partial charge >= 0.3 is 4.87 Å². The Morgan fingerprint density at radius 1 is 0.884 bits per heavy atom. The van der Waals surface area contributed by atoms with Gasteiger partial charge < -0.3 is 14.8 Å². The lowest BCUT2D eigenvalue weighted by Crippen LogP contribution is -2.33. The van der Waals surface area contributed by atoms with Gasteiger partial charge in [0, 0.05) is 16.5 Å². The molecule has 220 valence electrons. The van der Waals surface area contributed by atoms with Crippen LogP contribution in [0.3, 0.4) is 0 Å². The maximum Gasteiger partial charge on any atom is 0.308 e. The van der Waals surface area contributed by atoms with E-state index in [1.54, 1.807) is 18.2 Å². The van der Waals surface area contributed by atoms with Crippen molar-refractivity contribution in [2.24, 2.45) is 5.92 Å². The number of methoxy groups -OCH3 is 2. The van der Waals surface area contributed by atoms with E-state index in [1.807, 2.05) is 0 Å². The molecule has 0 spiro atoms. The Kier molecular flexibility index (Phi) is 7.52. The zero-order chi connectivity index (χ0) is 30.4. The molecule has 0 unspecified atom stereocenters. The summed E-state index contributed by atoms with van der Waals surface area (Å²) in [7, 11) is 2.97. The second-order valence-corrected chi connectivity index (χ2v) is 11.9. The summed E-state index contributed by atoms with van der Waals surface area (Å²) in [6.45, 7) is -0.366. The molecule has 9 nitrogen and oxygen atoms in total. The minimum atomic E-state index is -0.927. The number of carbonyl (C=O) groups excluding carboxylic acids is 3. The molecular weight excluding hydrogens is 600 g/mol. The Hall–Kier alpha value is -4.49. The first-order valence-corrected chi connectivity index (χ1v) is 14.7. The summed E-state index contributed by atoms with van der Waals surface area (Å²) in [5.41, 5.74) is 1.20. The smallest absolute Gasteiger partial charge is 0.308 e. The number of thioether (sulfide) groups is 1. The fourth-order valence-electron chi connectivity index (χ4n) is 5.38. The lowest BCUT2D eigenvalue weighted by Gasteiger charge is -2.31. The molecule has 3 amide bonds. The summed E-state index contributed by atoms with van der Waals surface area (Å²) in [5.74, 6) is -3.27. The number of benzene rings is 3. The number of carbonyl (C=O) groups is 3. The summed E-state index contributed by atoms with van der Waals surface area (Å²) in [6, 6.07) is 15.4. The third-order valence-electron chi connectivity index (χ3n) is 7.33. The van der Waals surface area contributed by atoms with Crippen LogP contribution < -0.4 is 24.6 Å². The lowest BCUT2D eigenvalue weighted by atomic mass is 9.83. The largest absolute Gasteiger partial charge is 0.493 e. The van der Waals surface area contributed by atoms with Gasteiger partial charge in [-0.25, -0.2) is 13.7 Å². The van der Waals surface area contributed by atoms with E-state index in [4.69, 9.17) is 9.47 Å². The van der Waals surface area contributed by atoms with Gasteiger partial charge in [-0.1, -0.05) is 29.2 Å². The first kappa shape index (κ1) is 28.6. The molecule has 43 heavy (non-hydrogen) atoms. The molecule has 13 heteroatoms. The van der Waals surface area contributed by atoms with Crippen LogP contribution in [0.1, 0.15) is 16.4 Å². The zero-order valence-corrected chi connectivity index (χ0v) is 24.3. The van der Waals surface area contributed by atoms with Crippen LogP contribution in [-0.4, -0.2) is 41.8 Å². The average molecular weight is 624 g/mol. The fraction of sp³-hybridized carbons (Fsp3) is 0.200. The highest BCUT2D eigenvalue weighted by molar-refractivity contribution is 8.00. The highest BCUT2D eigenvalue weighted by Gasteiger charge is 2.57. The minimum Gasteiger partial charge on any atom is -0.493 e. The number of imide groups is 1. The Bertz CT molecular complexity index is 1810. The number of aromatic nitrogens is 1. The Labute approximate surface area is 252 Å². The Morgan fingerprint density at radius 3 is 2.19 bits per heavy atom. The zero-order valence-electron chi connectivity index (χ0n) is 22.7. The molecule has 2 aliphatic heterocycles. The van der Waals surface area contributed by atoms with Crippen molar-refractivity contribution in [3.8, 4) is 11.5 Å². The first-order valence-electron chi connectivity index (χ1n) is 13.0. The molecule has 3 heterocycles. The molecule has 1 N–H and O–H groups in total. The van der Waals surface area contributed by atoms with E-state index in [2.05, 4.69) is 5.32 Å². The lowest BCUT2D eigenvalue weighted by molar-refractivity contribution is -0.122. The maximum absolute atomic E-state index is 14.0. The van der Waals surface area contributed by atoms with Crippen LogP contribution in [0.2, 0.25) is 0 Å². The molecule has 0 aliphatic carbocycles. The summed E-state index contributed by atoms with van der Waals surface area (Å²) < 4.78 is 39.1. The number of hydrogen-bond donors (Lipinski definition) is 1. The van der Waals surface area contributed by atoms with Gasteiger partial charge in [-0.15, -0.1) is 0 Å². The van der Waals surface area contributed by atoms with Crippen LogP contribution in [0.15, 0.2) is 76.6 Å². The van der Waals surface area contributed by atoms with Crippen LogP contribution in [0.4, 0.5) is 20.2 Å². The van der Waals surface area contributed by atoms with Gasteiger partial charge in [0.15, 0.2) is 11.5 Å². The van der Waals surface area contributed by atoms with Gasteiger partial charge in [0.25, 0.3) is 0 Å². The van der Waals surface area contributed by atoms with Crippen LogP contribution in [0.25, 0.3) is 0 Å². The van der Waals surface area contributed by atoms with Crippen molar-refractivity contribution in [3.05, 3.63) is 98.5 Å². The first-order chi connectivity index (χ1) is 20.7. The normalized spacial score (nSPS) is 19.2. The number of rotatable bonds is 7. The minimum absolute atomic E-state index is 0.233. The molecule has 1 fully saturated rings. The van der Waals surface area contributed by atoms with E-state index in [9.17, 15) is 28.0 Å². The molecule has 3 atom stereocenters. The number of nitrogens with one attached hydrogen (secondary N) is 1. The van der Waals surface area contributed by atoms with E-state index in [1.165, 1.54) is 67.3 Å². The highest BCUT2D eigenvalue weighted by Crippen LogP contribution is 2.54. The second kappa shape index (κ2) is 11.3. The number of halogens is 2. The summed E-state index contributed by atoms with van der Waals surface area (Å²) in [6.07, 6.45) is 0. The third-order valence-corrected chi connectivity index (χ3v) is 9.93. The highest BCUT2D eigenvalue weighted by atomic mass is 32.2. The standard InChI is InChI=1S/C30H23F2N3O6S2/c1-40-20-12-3-15(13-21(20)41-2)23-24-25(28(38)35(27(24)37)19-10-6-17(32)7-11-19)42-29-26(23)43-30(39)34(29)14-22(36)33-18-8-4-16(31)5-9-18/h3-13,23-25H,14H2,1-2H3,(H,33,36)/t23-,24-,25+/m0/s1. The van der Waals surface area contributed by atoms with Crippen LogP contribution in [0.5, 0.6) is 11.5 Å². The predicted octanol–water partition coefficient (Wildman–Crippen LogP) is 4.64. The van der Waals surface area contributed by atoms with Crippen molar-refractivity contribution in [2.75, 3.05) is 24.4 Å². The van der Waals surface area contributed by atoms with E-state index in [0.717, 1.165) is 28.0 Å². The number of amides is 3. The summed E-state index contributed by atoms with van der Waals surface area (Å²) in [4.78, 5) is 55.2. The molecule has 4 aromatic rings. The van der Waals surface area contributed by atoms with Crippen LogP contribution in [0, 0.1) is 17.6 Å². The van der Waals surface area contributed by atoms with Crippen molar-refractivity contribution in [1.29, 1.82) is 0 Å². The van der Waals surface area contributed by atoms with Gasteiger partial charge in [-0.3, -0.25) is 23.7 Å². The fourth-order valence-corrected chi connectivity index (χ4v) is 8.16. The molecule has 3 aromatic carbocycles. The molecule has 2 aliphatic rings. The molecular formula is C30H23F2N3O6S2. The second-order valence-electron chi connectivity index (χ2n) is 9.82. The van der Waals surface area contributed by atoms with E-state index in [-0.39, 0.29) is 12.2 Å². The molecule has 0 bridgehead atoms. The SMILES string of the molecule is COc1ccc([C@@H]2c3sc(=O)n(CC(=O)Nc4ccc(F)cc4)c3S[C@H]3C(=O)N(c4ccc(F)cc4)C(=O)[C@@H]23)cc1OC. The number of nitrogens with zero attached hydrogens (tertiary/aromatic N) is 2. The maximum atomic E-state index is 14.0. The van der Waals surface area contributed by atoms with Gasteiger partial charge in [0.1, 0.15) is 23.4 Å². The van der Waals surface area contributed by atoms with E-state index >= 15 is 0 Å². The molecule has 6 rings (SSSR count). The van der Waals surface area contributed by atoms with E-state index < -0.39 is 51.3 Å². The summed E-state index contributed by atoms with van der Waals surface area (Å²) >= 11 is 1.95. The third kappa shape index (κ3) is 5.08. The molecule has 1 saturated heterocycles. The number of ether oxygens (including phenoxy) is 2. The van der Waals surface area contributed by atoms with Gasteiger partial charge in [0.05, 0.1) is 30.9 Å². The van der Waals surface area contributed by atoms with Gasteiger partial charge in [-0.2, -0.15) is 0 Å². The molecule has 1 aromatic heterocycles. The van der Waals surface area contributed by atoms with Crippen molar-refractivity contribution < 1.29 is 32.6 Å². The Balaban J connectivity index is 1.43. The van der Waals surface area contributed by atoms with Crippen molar-refractivity contribution in [2.45, 2.75) is 22.7 Å². The number of anilines is 2. The number of thiazole rings is 1. The monoisotopic (exact) mass is 623 g/mol. The average Bonchev–Trinajstić information content (AvgIpc) is 3.44. The van der Waals surface area contributed by atoms with Crippen molar-refractivity contribution in [3.63, 3.8) is 0 Å². The van der Waals surface area contributed by atoms with Crippen molar-refractivity contribution in [1.82, 2.24) is 4.57 Å². The number of fused-ring (bicyclic) bond motifs is 2. The molecule has 0 saturated carbocycles. The van der Waals surface area contributed by atoms with Crippen LogP contribution >= 0.6 is 23.1 Å². The molecule has 0 radical (unpaired) electrons. The summed E-state index contributed by atoms with van der Waals surface area (Å²) in [5, 5.41) is 2.12. The van der Waals surface area contributed by atoms with Gasteiger partial charge in [-0.05, 0) is 66.2 Å². The number of hydrogen-bond acceptors (Lipinski definition) is 8. The quantitative estimate of drug-likeness (QED) is 0.299. The predicted molar refractivity (Wildman–Crippen MR) is 157 cm³/mol. The van der Waals surface area contributed by atoms with Gasteiger partial charge in [0.2, 0.25) is 17.7 Å².